The lowest BCUT2D eigenvalue weighted by Gasteiger charge is -2.36. The van der Waals surface area contributed by atoms with E-state index in [9.17, 15) is 5.11 Å². The molecule has 1 unspecified atom stereocenters. The Kier molecular flexibility index (Phi) is 2.15. The van der Waals surface area contributed by atoms with E-state index in [1.54, 1.807) is 6.20 Å². The number of rotatable bonds is 0. The maximum absolute atomic E-state index is 10.0. The van der Waals surface area contributed by atoms with Gasteiger partial charge in [-0.15, -0.1) is 0 Å². The first-order valence-corrected chi connectivity index (χ1v) is 5.65. The maximum Gasteiger partial charge on any atom is 0.135 e. The van der Waals surface area contributed by atoms with Crippen LogP contribution in [0.5, 0.6) is 0 Å². The number of ether oxygens (including phenoxy) is 1. The highest BCUT2D eigenvalue weighted by Crippen LogP contribution is 2.43. The molecule has 2 heterocycles. The van der Waals surface area contributed by atoms with Crippen LogP contribution in [0.3, 0.4) is 0 Å². The van der Waals surface area contributed by atoms with Crippen molar-refractivity contribution in [3.8, 4) is 0 Å². The van der Waals surface area contributed by atoms with Crippen molar-refractivity contribution in [2.45, 2.75) is 24.5 Å². The van der Waals surface area contributed by atoms with Crippen LogP contribution >= 0.6 is 11.6 Å². The van der Waals surface area contributed by atoms with Gasteiger partial charge in [0.15, 0.2) is 0 Å². The van der Waals surface area contributed by atoms with Crippen LogP contribution in [-0.4, -0.2) is 23.4 Å². The lowest BCUT2D eigenvalue weighted by atomic mass is 9.77. The van der Waals surface area contributed by atoms with E-state index < -0.39 is 18.3 Å². The summed E-state index contributed by atoms with van der Waals surface area (Å²) in [7, 11) is 0. The first-order valence-electron chi connectivity index (χ1n) is 5.85. The van der Waals surface area contributed by atoms with Gasteiger partial charge in [0.25, 0.3) is 0 Å². The molecule has 1 spiro atoms. The molecule has 0 bridgehead atoms. The smallest absolute Gasteiger partial charge is 0.135 e. The minimum atomic E-state index is -0.718. The fraction of sp³-hybridized carbons (Fsp3) is 0.545. The average Bonchev–Trinajstić information content (AvgIpc) is 2.67. The van der Waals surface area contributed by atoms with E-state index in [1.807, 2.05) is 6.07 Å². The van der Waals surface area contributed by atoms with Crippen molar-refractivity contribution < 1.29 is 11.2 Å². The Morgan fingerprint density at radius 2 is 2.62 bits per heavy atom. The molecule has 2 N–H and O–H groups in total. The normalized spacial score (nSPS) is 38.5. The quantitative estimate of drug-likeness (QED) is 0.673. The SMILES string of the molecule is [2H]C1N[C@]2(CC[C@H](O)c3c2ccnc3Cl)CO1. The molecule has 1 aliphatic heterocycles. The number of halogens is 1. The van der Waals surface area contributed by atoms with Crippen LogP contribution in [-0.2, 0) is 10.3 Å². The van der Waals surface area contributed by atoms with Crippen LogP contribution in [0.1, 0.15) is 31.4 Å². The number of aromatic nitrogens is 1. The van der Waals surface area contributed by atoms with Crippen molar-refractivity contribution in [2.75, 3.05) is 13.3 Å². The number of hydrogen-bond donors (Lipinski definition) is 2. The van der Waals surface area contributed by atoms with Gasteiger partial charge in [-0.1, -0.05) is 11.6 Å². The summed E-state index contributed by atoms with van der Waals surface area (Å²) in [6.45, 7) is -0.286. The van der Waals surface area contributed by atoms with Crippen molar-refractivity contribution in [3.05, 3.63) is 28.5 Å². The lowest BCUT2D eigenvalue weighted by Crippen LogP contribution is -2.43. The van der Waals surface area contributed by atoms with Gasteiger partial charge in [-0.05, 0) is 24.5 Å². The first kappa shape index (κ1) is 9.36. The van der Waals surface area contributed by atoms with Crippen molar-refractivity contribution in [3.63, 3.8) is 0 Å². The first-order chi connectivity index (χ1) is 8.12. The Morgan fingerprint density at radius 3 is 3.38 bits per heavy atom. The Balaban J connectivity index is 2.13. The second-order valence-electron chi connectivity index (χ2n) is 4.27. The zero-order chi connectivity index (χ0) is 12.0. The largest absolute Gasteiger partial charge is 0.388 e. The molecule has 86 valence electrons. The summed E-state index contributed by atoms with van der Waals surface area (Å²) in [5, 5.41) is 13.5. The molecule has 0 amide bonds. The van der Waals surface area contributed by atoms with E-state index in [4.69, 9.17) is 17.7 Å². The molecule has 1 saturated heterocycles. The van der Waals surface area contributed by atoms with E-state index in [2.05, 4.69) is 10.3 Å². The second kappa shape index (κ2) is 3.67. The molecule has 1 aromatic rings. The van der Waals surface area contributed by atoms with Crippen LogP contribution < -0.4 is 5.32 Å². The molecular weight excluding hydrogens is 228 g/mol. The number of fused-ring (bicyclic) bond motifs is 2. The molecule has 4 nitrogen and oxygen atoms in total. The minimum Gasteiger partial charge on any atom is -0.388 e. The van der Waals surface area contributed by atoms with Gasteiger partial charge in [0, 0.05) is 11.8 Å². The fourth-order valence-electron chi connectivity index (χ4n) is 2.52. The molecule has 0 radical (unpaired) electrons. The predicted molar refractivity (Wildman–Crippen MR) is 59.1 cm³/mol. The van der Waals surface area contributed by atoms with E-state index in [0.29, 0.717) is 23.7 Å². The van der Waals surface area contributed by atoms with Gasteiger partial charge in [0.05, 0.1) is 26.3 Å². The molecule has 2 aliphatic rings. The lowest BCUT2D eigenvalue weighted by molar-refractivity contribution is 0.118. The van der Waals surface area contributed by atoms with Crippen molar-refractivity contribution >= 4 is 11.6 Å². The highest BCUT2D eigenvalue weighted by Gasteiger charge is 2.43. The van der Waals surface area contributed by atoms with Crippen molar-refractivity contribution in [1.29, 1.82) is 0 Å². The fourth-order valence-corrected chi connectivity index (χ4v) is 2.81. The molecule has 1 aromatic heterocycles. The van der Waals surface area contributed by atoms with Gasteiger partial charge in [0.1, 0.15) is 5.15 Å². The molecule has 3 rings (SSSR count). The number of aliphatic hydroxyl groups is 1. The Hall–Kier alpha value is -0.680. The summed E-state index contributed by atoms with van der Waals surface area (Å²) < 4.78 is 12.9. The number of aliphatic hydroxyl groups excluding tert-OH is 1. The van der Waals surface area contributed by atoms with Crippen LogP contribution in [0.15, 0.2) is 12.3 Å². The molecule has 1 aliphatic carbocycles. The standard InChI is InChI=1S/C11H13ClN2O2/c12-10-9-7(2-4-13-10)11(3-1-8(9)15)5-16-6-14-11/h2,4,8,14-15H,1,3,5-6H2/t8-,11+/m0/s1/i6D/t6?,8-,11+. The summed E-state index contributed by atoms with van der Waals surface area (Å²) in [4.78, 5) is 4.01. The van der Waals surface area contributed by atoms with Gasteiger partial charge in [-0.3, -0.25) is 5.32 Å². The highest BCUT2D eigenvalue weighted by atomic mass is 35.5. The van der Waals surface area contributed by atoms with Crippen LogP contribution in [0, 0.1) is 0 Å². The topological polar surface area (TPSA) is 54.4 Å². The number of nitrogens with zero attached hydrogens (tertiary/aromatic N) is 1. The van der Waals surface area contributed by atoms with Crippen molar-refractivity contribution in [2.24, 2.45) is 0 Å². The Labute approximate surface area is 100.0 Å². The molecule has 1 fully saturated rings. The van der Waals surface area contributed by atoms with E-state index >= 15 is 0 Å². The molecule has 0 saturated carbocycles. The van der Waals surface area contributed by atoms with Gasteiger partial charge >= 0.3 is 0 Å². The van der Waals surface area contributed by atoms with Gasteiger partial charge in [-0.2, -0.15) is 0 Å². The summed E-state index contributed by atoms with van der Waals surface area (Å²) in [6.07, 6.45) is 2.38. The van der Waals surface area contributed by atoms with Crippen molar-refractivity contribution in [1.82, 2.24) is 10.3 Å². The molecule has 0 aromatic carbocycles. The van der Waals surface area contributed by atoms with E-state index in [-0.39, 0.29) is 0 Å². The molecular formula is C11H13ClN2O2. The Morgan fingerprint density at radius 1 is 1.75 bits per heavy atom. The van der Waals surface area contributed by atoms with Gasteiger partial charge in [-0.25, -0.2) is 4.98 Å². The summed E-state index contributed by atoms with van der Waals surface area (Å²) >= 11 is 6.05. The Bertz CT molecular complexity index is 459. The molecule has 3 atom stereocenters. The summed E-state index contributed by atoms with van der Waals surface area (Å²) in [6, 6.07) is 1.85. The highest BCUT2D eigenvalue weighted by molar-refractivity contribution is 6.30. The van der Waals surface area contributed by atoms with Crippen LogP contribution in [0.4, 0.5) is 0 Å². The second-order valence-corrected chi connectivity index (χ2v) is 4.63. The zero-order valence-electron chi connectivity index (χ0n) is 9.61. The van der Waals surface area contributed by atoms with Gasteiger partial charge < -0.3 is 9.84 Å². The number of nitrogens with one attached hydrogen (secondary N) is 1. The van der Waals surface area contributed by atoms with Crippen LogP contribution in [0.2, 0.25) is 5.15 Å². The van der Waals surface area contributed by atoms with E-state index in [1.165, 1.54) is 0 Å². The zero-order valence-corrected chi connectivity index (χ0v) is 9.37. The maximum atomic E-state index is 10.0. The molecule has 5 heteroatoms. The predicted octanol–water partition coefficient (Wildman–Crippen LogP) is 1.33. The summed E-state index contributed by atoms with van der Waals surface area (Å²) in [5.74, 6) is 0. The van der Waals surface area contributed by atoms with Gasteiger partial charge in [0.2, 0.25) is 0 Å². The summed E-state index contributed by atoms with van der Waals surface area (Å²) in [5.41, 5.74) is 1.18. The average molecular weight is 242 g/mol. The third-order valence-corrected chi connectivity index (χ3v) is 3.68. The third kappa shape index (κ3) is 1.38. The molecule has 16 heavy (non-hydrogen) atoms. The monoisotopic (exact) mass is 241 g/mol. The van der Waals surface area contributed by atoms with Crippen LogP contribution in [0.25, 0.3) is 0 Å². The minimum absolute atomic E-state index is 0.337. The third-order valence-electron chi connectivity index (χ3n) is 3.38. The van der Waals surface area contributed by atoms with E-state index in [0.717, 1.165) is 12.0 Å². The number of hydrogen-bond acceptors (Lipinski definition) is 4. The number of pyridine rings is 1.